The van der Waals surface area contributed by atoms with Crippen molar-refractivity contribution < 1.29 is 19.4 Å². The first kappa shape index (κ1) is 27.3. The van der Waals surface area contributed by atoms with Crippen LogP contribution in [0.15, 0.2) is 42.5 Å². The fourth-order valence-corrected chi connectivity index (χ4v) is 6.20. The third-order valence-electron chi connectivity index (χ3n) is 7.78. The van der Waals surface area contributed by atoms with E-state index in [2.05, 4.69) is 10.6 Å². The summed E-state index contributed by atoms with van der Waals surface area (Å²) in [5.74, 6) is -1.23. The monoisotopic (exact) mass is 537 g/mol. The van der Waals surface area contributed by atoms with Gasteiger partial charge in [0, 0.05) is 23.5 Å². The number of hydrogen-bond acceptors (Lipinski definition) is 5. The number of nitrogens with two attached hydrogens (primary N) is 1. The van der Waals surface area contributed by atoms with Crippen molar-refractivity contribution in [3.63, 3.8) is 0 Å². The Morgan fingerprint density at radius 3 is 2.56 bits per heavy atom. The summed E-state index contributed by atoms with van der Waals surface area (Å²) in [5.41, 5.74) is 7.22. The number of benzene rings is 2. The third kappa shape index (κ3) is 5.57. The Balaban J connectivity index is 1.77. The van der Waals surface area contributed by atoms with Gasteiger partial charge in [-0.25, -0.2) is 4.39 Å². The maximum absolute atomic E-state index is 15.5. The Hall–Kier alpha value is -1.74. The van der Waals surface area contributed by atoms with E-state index < -0.39 is 29.4 Å². The van der Waals surface area contributed by atoms with E-state index in [0.29, 0.717) is 10.9 Å². The molecule has 6 nitrogen and oxygen atoms in total. The van der Waals surface area contributed by atoms with Gasteiger partial charge < -0.3 is 26.6 Å². The number of hydrogen-bond donors (Lipinski definition) is 5. The van der Waals surface area contributed by atoms with Gasteiger partial charge in [-0.2, -0.15) is 0 Å². The summed E-state index contributed by atoms with van der Waals surface area (Å²) in [4.78, 5) is 13.5. The molecule has 1 aliphatic heterocycles. The van der Waals surface area contributed by atoms with E-state index in [4.69, 9.17) is 34.0 Å². The summed E-state index contributed by atoms with van der Waals surface area (Å²) >= 11 is 12.4. The van der Waals surface area contributed by atoms with E-state index >= 15 is 4.39 Å². The van der Waals surface area contributed by atoms with Crippen LogP contribution < -0.4 is 16.4 Å². The number of carbonyl (C=O) groups is 1. The molecular weight excluding hydrogens is 504 g/mol. The molecule has 2 aliphatic rings. The molecule has 1 aliphatic carbocycles. The van der Waals surface area contributed by atoms with Crippen LogP contribution in [0, 0.1) is 11.7 Å². The third-order valence-corrected chi connectivity index (χ3v) is 8.32. The largest absolute Gasteiger partial charge is 0.394 e. The zero-order valence-electron chi connectivity index (χ0n) is 20.1. The lowest BCUT2D eigenvalue weighted by molar-refractivity contribution is -0.123. The fraction of sp³-hybridized carbons (Fsp3) is 0.519. The molecule has 1 saturated carbocycles. The van der Waals surface area contributed by atoms with E-state index in [1.807, 2.05) is 12.1 Å². The molecular formula is C27H34Cl2FN3O3. The molecule has 2 fully saturated rings. The smallest absolute Gasteiger partial charge is 0.237 e. The first-order valence-corrected chi connectivity index (χ1v) is 13.3. The molecule has 36 heavy (non-hydrogen) atoms. The van der Waals surface area contributed by atoms with Gasteiger partial charge in [0.15, 0.2) is 0 Å². The zero-order chi connectivity index (χ0) is 25.9. The van der Waals surface area contributed by atoms with Gasteiger partial charge >= 0.3 is 0 Å². The Labute approximate surface area is 221 Å². The average molecular weight is 538 g/mol. The first-order valence-electron chi connectivity index (χ1n) is 12.6. The molecule has 6 N–H and O–H groups in total. The van der Waals surface area contributed by atoms with Crippen molar-refractivity contribution in [3.05, 3.63) is 69.5 Å². The van der Waals surface area contributed by atoms with Crippen LogP contribution in [0.25, 0.3) is 0 Å². The number of rotatable bonds is 9. The number of aliphatic hydroxyl groups excluding tert-OH is 2. The molecule has 1 heterocycles. The maximum Gasteiger partial charge on any atom is 0.237 e. The van der Waals surface area contributed by atoms with Crippen LogP contribution in [0.2, 0.25) is 10.0 Å². The topological polar surface area (TPSA) is 108 Å². The minimum atomic E-state index is -1.12. The number of nitrogens with one attached hydrogen (secondary N) is 2. The SMILES string of the molecule is NC1(c2ccc(Cl)cc2)C(CC2CCCC2)NC(C(=O)NCCC(O)CO)C1c1cccc(Cl)c1F. The molecule has 1 amide bonds. The molecule has 0 bridgehead atoms. The van der Waals surface area contributed by atoms with Gasteiger partial charge in [-0.3, -0.25) is 4.79 Å². The lowest BCUT2D eigenvalue weighted by Crippen LogP contribution is -2.51. The standard InChI is InChI=1S/C27H34Cl2FN3O3/c28-18-10-8-17(9-11-18)27(31)22(14-16-4-1-2-5-16)33-25(26(36)32-13-12-19(35)15-34)23(27)20-6-3-7-21(29)24(20)30/h3,6-11,16,19,22-23,25,33-35H,1-2,4-5,12-15,31H2,(H,32,36). The predicted octanol–water partition coefficient (Wildman–Crippen LogP) is 3.85. The van der Waals surface area contributed by atoms with E-state index in [-0.39, 0.29) is 42.1 Å². The molecule has 1 saturated heterocycles. The molecule has 0 aromatic heterocycles. The highest BCUT2D eigenvalue weighted by molar-refractivity contribution is 6.31. The van der Waals surface area contributed by atoms with Crippen LogP contribution >= 0.6 is 23.2 Å². The van der Waals surface area contributed by atoms with E-state index in [9.17, 15) is 9.90 Å². The molecule has 4 rings (SSSR count). The Kier molecular flexibility index (Phi) is 8.92. The van der Waals surface area contributed by atoms with Crippen molar-refractivity contribution in [2.75, 3.05) is 13.2 Å². The van der Waals surface area contributed by atoms with Crippen LogP contribution in [0.3, 0.4) is 0 Å². The Morgan fingerprint density at radius 2 is 1.89 bits per heavy atom. The maximum atomic E-state index is 15.5. The molecule has 5 unspecified atom stereocenters. The van der Waals surface area contributed by atoms with Gasteiger partial charge in [0.1, 0.15) is 5.82 Å². The van der Waals surface area contributed by atoms with Gasteiger partial charge in [0.05, 0.1) is 29.3 Å². The molecule has 2 aromatic rings. The molecule has 0 spiro atoms. The van der Waals surface area contributed by atoms with Crippen molar-refractivity contribution in [1.29, 1.82) is 0 Å². The summed E-state index contributed by atoms with van der Waals surface area (Å²) in [5, 5.41) is 25.6. The van der Waals surface area contributed by atoms with Crippen molar-refractivity contribution in [2.24, 2.45) is 11.7 Å². The second kappa shape index (κ2) is 11.8. The number of aliphatic hydroxyl groups is 2. The van der Waals surface area contributed by atoms with Gasteiger partial charge in [0.2, 0.25) is 5.91 Å². The van der Waals surface area contributed by atoms with Crippen LogP contribution in [-0.2, 0) is 10.3 Å². The fourth-order valence-electron chi connectivity index (χ4n) is 5.89. The number of amides is 1. The highest BCUT2D eigenvalue weighted by Crippen LogP contribution is 2.49. The summed E-state index contributed by atoms with van der Waals surface area (Å²) in [6.07, 6.45) is 4.55. The highest BCUT2D eigenvalue weighted by Gasteiger charge is 2.57. The van der Waals surface area contributed by atoms with Crippen LogP contribution in [0.1, 0.15) is 55.6 Å². The van der Waals surface area contributed by atoms with Crippen molar-refractivity contribution in [3.8, 4) is 0 Å². The van der Waals surface area contributed by atoms with Gasteiger partial charge in [-0.1, -0.05) is 73.2 Å². The summed E-state index contributed by atoms with van der Waals surface area (Å²) < 4.78 is 15.5. The van der Waals surface area contributed by atoms with Crippen molar-refractivity contribution in [2.45, 2.75) is 68.2 Å². The van der Waals surface area contributed by atoms with Crippen LogP contribution in [0.4, 0.5) is 4.39 Å². The lowest BCUT2D eigenvalue weighted by Gasteiger charge is -2.38. The zero-order valence-corrected chi connectivity index (χ0v) is 21.6. The van der Waals surface area contributed by atoms with Gasteiger partial charge in [-0.15, -0.1) is 0 Å². The normalized spacial score (nSPS) is 27.3. The minimum absolute atomic E-state index is 0.0320. The second-order valence-corrected chi connectivity index (χ2v) is 10.9. The van der Waals surface area contributed by atoms with Gasteiger partial charge in [0.25, 0.3) is 0 Å². The Morgan fingerprint density at radius 1 is 1.19 bits per heavy atom. The molecule has 0 radical (unpaired) electrons. The van der Waals surface area contributed by atoms with Crippen LogP contribution in [-0.4, -0.2) is 47.5 Å². The number of carbonyl (C=O) groups excluding carboxylic acids is 1. The quantitative estimate of drug-likeness (QED) is 0.334. The van der Waals surface area contributed by atoms with E-state index in [0.717, 1.165) is 24.8 Å². The van der Waals surface area contributed by atoms with E-state index in [1.165, 1.54) is 18.9 Å². The molecule has 5 atom stereocenters. The summed E-state index contributed by atoms with van der Waals surface area (Å²) in [7, 11) is 0. The van der Waals surface area contributed by atoms with Crippen LogP contribution in [0.5, 0.6) is 0 Å². The number of halogens is 3. The first-order chi connectivity index (χ1) is 17.3. The molecule has 2 aromatic carbocycles. The molecule has 9 heteroatoms. The summed E-state index contributed by atoms with van der Waals surface area (Å²) in [6.45, 7) is -0.227. The van der Waals surface area contributed by atoms with Gasteiger partial charge in [-0.05, 0) is 48.1 Å². The van der Waals surface area contributed by atoms with Crippen molar-refractivity contribution >= 4 is 29.1 Å². The molecule has 196 valence electrons. The highest BCUT2D eigenvalue weighted by atomic mass is 35.5. The average Bonchev–Trinajstić information content (AvgIpc) is 3.48. The lowest BCUT2D eigenvalue weighted by atomic mass is 9.69. The Bertz CT molecular complexity index is 1050. The van der Waals surface area contributed by atoms with E-state index in [1.54, 1.807) is 24.3 Å². The van der Waals surface area contributed by atoms with Crippen molar-refractivity contribution in [1.82, 2.24) is 10.6 Å². The predicted molar refractivity (Wildman–Crippen MR) is 139 cm³/mol. The summed E-state index contributed by atoms with van der Waals surface area (Å²) in [6, 6.07) is 10.8. The second-order valence-electron chi connectivity index (χ2n) is 10.1. The minimum Gasteiger partial charge on any atom is -0.394 e.